The molecule has 5 heavy (non-hydrogen) atoms. The van der Waals surface area contributed by atoms with Crippen molar-refractivity contribution in [2.45, 2.75) is 0 Å². The number of hydroxylamine groups is 1. The lowest BCUT2D eigenvalue weighted by Gasteiger charge is -1.81. The van der Waals surface area contributed by atoms with E-state index in [1.807, 2.05) is 0 Å². The van der Waals surface area contributed by atoms with Crippen LogP contribution in [0.15, 0.2) is 6.08 Å². The van der Waals surface area contributed by atoms with E-state index in [2.05, 4.69) is 16.6 Å². The van der Waals surface area contributed by atoms with Gasteiger partial charge in [0.2, 0.25) is 0 Å². The molecule has 1 aliphatic rings. The molecule has 0 fully saturated rings. The molecular weight excluding hydrogens is 66.0 g/mol. The minimum atomic E-state index is 0.792. The number of rotatable bonds is 0. The molecule has 0 aliphatic carbocycles. The third-order valence-electron chi connectivity index (χ3n) is 0.400. The van der Waals surface area contributed by atoms with Crippen LogP contribution in [0.25, 0.3) is 0 Å². The van der Waals surface area contributed by atoms with Gasteiger partial charge in [-0.05, 0) is 6.08 Å². The maximum absolute atomic E-state index is 4.39. The Bertz CT molecular complexity index is 44.9. The summed E-state index contributed by atoms with van der Waals surface area (Å²) in [6.07, 6.45) is 4.26. The molecule has 2 heteroatoms. The van der Waals surface area contributed by atoms with Gasteiger partial charge < -0.3 is 4.84 Å². The molecule has 1 rings (SSSR count). The van der Waals surface area contributed by atoms with Gasteiger partial charge in [-0.3, -0.25) is 0 Å². The van der Waals surface area contributed by atoms with Crippen LogP contribution in [-0.2, 0) is 4.84 Å². The maximum atomic E-state index is 4.39. The number of hydrogen-bond acceptors (Lipinski definition) is 2. The summed E-state index contributed by atoms with van der Waals surface area (Å²) in [6, 6.07) is 0. The zero-order valence-corrected chi connectivity index (χ0v) is 2.69. The van der Waals surface area contributed by atoms with Crippen molar-refractivity contribution in [2.24, 2.45) is 0 Å². The van der Waals surface area contributed by atoms with E-state index in [4.69, 9.17) is 0 Å². The topological polar surface area (TPSA) is 21.3 Å². The molecule has 0 atom stereocenters. The molecule has 1 N–H and O–H groups in total. The van der Waals surface area contributed by atoms with Gasteiger partial charge >= 0.3 is 0 Å². The van der Waals surface area contributed by atoms with Crippen molar-refractivity contribution in [3.05, 3.63) is 12.3 Å². The van der Waals surface area contributed by atoms with E-state index in [-0.39, 0.29) is 0 Å². The molecule has 1 heterocycles. The van der Waals surface area contributed by atoms with Gasteiger partial charge in [0, 0.05) is 0 Å². The molecule has 0 amide bonds. The van der Waals surface area contributed by atoms with E-state index in [1.54, 1.807) is 6.08 Å². The minimum Gasteiger partial charge on any atom is -0.405 e. The lowest BCUT2D eigenvalue weighted by Crippen LogP contribution is -2.02. The molecule has 0 spiro atoms. The molecule has 0 saturated carbocycles. The predicted molar refractivity (Wildman–Crippen MR) is 16.9 cm³/mol. The lowest BCUT2D eigenvalue weighted by atomic mass is 10.7. The van der Waals surface area contributed by atoms with Crippen molar-refractivity contribution >= 4 is 0 Å². The van der Waals surface area contributed by atoms with Crippen LogP contribution in [0.2, 0.25) is 0 Å². The molecule has 1 radical (unpaired) electrons. The van der Waals surface area contributed by atoms with Gasteiger partial charge in [-0.1, -0.05) is 0 Å². The van der Waals surface area contributed by atoms with Gasteiger partial charge in [0.05, 0.1) is 6.54 Å². The Kier molecular flexibility index (Phi) is 0.588. The lowest BCUT2D eigenvalue weighted by molar-refractivity contribution is 0.151. The van der Waals surface area contributed by atoms with E-state index < -0.39 is 0 Å². The first-order valence-electron chi connectivity index (χ1n) is 1.46. The van der Waals surface area contributed by atoms with E-state index in [0.717, 1.165) is 6.54 Å². The van der Waals surface area contributed by atoms with Crippen molar-refractivity contribution in [2.75, 3.05) is 6.54 Å². The Hall–Kier alpha value is -0.500. The molecule has 0 bridgehead atoms. The molecular formula is C3H4NO. The summed E-state index contributed by atoms with van der Waals surface area (Å²) in [4.78, 5) is 4.39. The van der Waals surface area contributed by atoms with Crippen molar-refractivity contribution in [1.82, 2.24) is 5.48 Å². The molecule has 1 aliphatic heterocycles. The van der Waals surface area contributed by atoms with Gasteiger partial charge in [0.1, 0.15) is 0 Å². The second-order valence-electron chi connectivity index (χ2n) is 0.772. The van der Waals surface area contributed by atoms with Crippen LogP contribution in [0, 0.1) is 6.26 Å². The highest BCUT2D eigenvalue weighted by Gasteiger charge is 1.83. The fraction of sp³-hybridized carbons (Fsp3) is 0.333. The highest BCUT2D eigenvalue weighted by Crippen LogP contribution is 1.76. The largest absolute Gasteiger partial charge is 0.405 e. The van der Waals surface area contributed by atoms with Crippen LogP contribution < -0.4 is 5.48 Å². The monoisotopic (exact) mass is 70.0 g/mol. The van der Waals surface area contributed by atoms with Crippen LogP contribution in [0.5, 0.6) is 0 Å². The van der Waals surface area contributed by atoms with Crippen molar-refractivity contribution in [3.63, 3.8) is 0 Å². The smallest absolute Gasteiger partial charge is 0.188 e. The predicted octanol–water partition coefficient (Wildman–Crippen LogP) is -0.162. The number of hydrogen-bond donors (Lipinski definition) is 1. The fourth-order valence-electron chi connectivity index (χ4n) is 0.208. The van der Waals surface area contributed by atoms with Crippen LogP contribution in [0.3, 0.4) is 0 Å². The van der Waals surface area contributed by atoms with E-state index in [1.165, 1.54) is 0 Å². The van der Waals surface area contributed by atoms with Crippen molar-refractivity contribution < 1.29 is 4.84 Å². The molecule has 0 aromatic heterocycles. The minimum absolute atomic E-state index is 0.792. The second kappa shape index (κ2) is 1.08. The average Bonchev–Trinajstić information content (AvgIpc) is 1.76. The van der Waals surface area contributed by atoms with Crippen LogP contribution >= 0.6 is 0 Å². The zero-order chi connectivity index (χ0) is 3.54. The van der Waals surface area contributed by atoms with Gasteiger partial charge in [-0.15, -0.1) is 0 Å². The van der Waals surface area contributed by atoms with Crippen molar-refractivity contribution in [3.8, 4) is 0 Å². The number of nitrogens with one attached hydrogen (secondary N) is 1. The Balaban J connectivity index is 2.32. The highest BCUT2D eigenvalue weighted by molar-refractivity contribution is 4.71. The first-order chi connectivity index (χ1) is 2.50. The standard InChI is InChI=1S/C3H4NO/c1-2-4-5-3-1/h1,4H,2H2. The normalized spacial score (nSPS) is 19.2. The average molecular weight is 70.1 g/mol. The Morgan fingerprint density at radius 1 is 2.00 bits per heavy atom. The van der Waals surface area contributed by atoms with Gasteiger partial charge in [-0.25, -0.2) is 0 Å². The highest BCUT2D eigenvalue weighted by atomic mass is 16.6. The van der Waals surface area contributed by atoms with Gasteiger partial charge in [0.25, 0.3) is 0 Å². The van der Waals surface area contributed by atoms with Crippen LogP contribution in [0.1, 0.15) is 0 Å². The van der Waals surface area contributed by atoms with E-state index in [0.29, 0.717) is 0 Å². The third-order valence-corrected chi connectivity index (χ3v) is 0.400. The fourth-order valence-corrected chi connectivity index (χ4v) is 0.208. The summed E-state index contributed by atoms with van der Waals surface area (Å²) in [5.74, 6) is 0. The summed E-state index contributed by atoms with van der Waals surface area (Å²) >= 11 is 0. The molecule has 2 nitrogen and oxygen atoms in total. The van der Waals surface area contributed by atoms with E-state index in [9.17, 15) is 0 Å². The summed E-state index contributed by atoms with van der Waals surface area (Å²) in [7, 11) is 0. The Labute approximate surface area is 30.4 Å². The Morgan fingerprint density at radius 3 is 3.20 bits per heavy atom. The first-order valence-corrected chi connectivity index (χ1v) is 1.46. The SMILES string of the molecule is [C]1=CCNO1. The second-order valence-corrected chi connectivity index (χ2v) is 0.772. The third kappa shape index (κ3) is 0.389. The molecule has 0 saturated heterocycles. The molecule has 0 unspecified atom stereocenters. The molecule has 0 aromatic rings. The van der Waals surface area contributed by atoms with E-state index >= 15 is 0 Å². The molecule has 0 aromatic carbocycles. The van der Waals surface area contributed by atoms with Gasteiger partial charge in [0.15, 0.2) is 6.26 Å². The maximum Gasteiger partial charge on any atom is 0.188 e. The summed E-state index contributed by atoms with van der Waals surface area (Å²) < 4.78 is 0. The van der Waals surface area contributed by atoms with Crippen LogP contribution in [0.4, 0.5) is 0 Å². The molecule has 27 valence electrons. The van der Waals surface area contributed by atoms with Crippen molar-refractivity contribution in [1.29, 1.82) is 0 Å². The zero-order valence-electron chi connectivity index (χ0n) is 2.69. The first kappa shape index (κ1) is 2.72. The quantitative estimate of drug-likeness (QED) is 0.427. The summed E-state index contributed by atoms with van der Waals surface area (Å²) in [6.45, 7) is 0.792. The van der Waals surface area contributed by atoms with Crippen LogP contribution in [-0.4, -0.2) is 6.54 Å². The summed E-state index contributed by atoms with van der Waals surface area (Å²) in [5, 5.41) is 0. The van der Waals surface area contributed by atoms with Gasteiger partial charge in [-0.2, -0.15) is 5.48 Å². The Morgan fingerprint density at radius 2 is 3.00 bits per heavy atom. The summed E-state index contributed by atoms with van der Waals surface area (Å²) in [5.41, 5.74) is 2.56.